The molecule has 0 spiro atoms. The quantitative estimate of drug-likeness (QED) is 0.728. The number of aryl methyl sites for hydroxylation is 1. The monoisotopic (exact) mass is 401 g/mol. The summed E-state index contributed by atoms with van der Waals surface area (Å²) in [6.07, 6.45) is 1.28. The van der Waals surface area contributed by atoms with E-state index >= 15 is 0 Å². The third-order valence-corrected chi connectivity index (χ3v) is 5.21. The molecule has 29 heavy (non-hydrogen) atoms. The molecule has 154 valence electrons. The van der Waals surface area contributed by atoms with Crippen LogP contribution < -0.4 is 0 Å². The van der Waals surface area contributed by atoms with Gasteiger partial charge in [0, 0.05) is 35.3 Å². The summed E-state index contributed by atoms with van der Waals surface area (Å²) < 4.78 is 39.0. The Bertz CT molecular complexity index is 940. The van der Waals surface area contributed by atoms with Crippen LogP contribution in [0.5, 0.6) is 0 Å². The van der Waals surface area contributed by atoms with Gasteiger partial charge in [0.15, 0.2) is 6.29 Å². The third-order valence-electron chi connectivity index (χ3n) is 5.21. The molecule has 7 heteroatoms. The van der Waals surface area contributed by atoms with Gasteiger partial charge in [-0.15, -0.1) is 5.10 Å². The maximum absolute atomic E-state index is 12.9. The van der Waals surface area contributed by atoms with Gasteiger partial charge in [-0.1, -0.05) is 37.0 Å². The van der Waals surface area contributed by atoms with Crippen LogP contribution in [0.4, 0.5) is 8.78 Å². The topological polar surface area (TPSA) is 49.2 Å². The fourth-order valence-corrected chi connectivity index (χ4v) is 3.47. The van der Waals surface area contributed by atoms with E-state index in [0.29, 0.717) is 19.8 Å². The van der Waals surface area contributed by atoms with Crippen molar-refractivity contribution in [3.63, 3.8) is 0 Å². The second kappa shape index (κ2) is 7.51. The van der Waals surface area contributed by atoms with E-state index in [1.54, 1.807) is 4.68 Å². The lowest BCUT2D eigenvalue weighted by atomic mass is 9.82. The Morgan fingerprint density at radius 3 is 2.59 bits per heavy atom. The van der Waals surface area contributed by atoms with Crippen LogP contribution in [0.2, 0.25) is 0 Å². The summed E-state index contributed by atoms with van der Waals surface area (Å²) in [6, 6.07) is 5.79. The van der Waals surface area contributed by atoms with Gasteiger partial charge in [0.25, 0.3) is 5.92 Å². The number of nitrogens with zero attached hydrogens (tertiary/aromatic N) is 3. The van der Waals surface area contributed by atoms with Gasteiger partial charge in [0.2, 0.25) is 0 Å². The molecule has 2 aliphatic rings. The minimum Gasteiger partial charge on any atom is -0.350 e. The van der Waals surface area contributed by atoms with E-state index in [4.69, 9.17) is 9.47 Å². The van der Waals surface area contributed by atoms with Gasteiger partial charge in [0.1, 0.15) is 5.69 Å². The summed E-state index contributed by atoms with van der Waals surface area (Å²) in [5.41, 5.74) is 3.58. The molecule has 0 N–H and O–H groups in total. The summed E-state index contributed by atoms with van der Waals surface area (Å²) in [4.78, 5) is 0. The molecule has 1 aliphatic carbocycles. The molecule has 0 bridgehead atoms. The Labute approximate surface area is 169 Å². The summed E-state index contributed by atoms with van der Waals surface area (Å²) in [6.45, 7) is 7.98. The van der Waals surface area contributed by atoms with Crippen molar-refractivity contribution in [1.82, 2.24) is 15.0 Å². The van der Waals surface area contributed by atoms with Crippen molar-refractivity contribution < 1.29 is 18.3 Å². The van der Waals surface area contributed by atoms with Crippen LogP contribution in [0.1, 0.15) is 37.8 Å². The summed E-state index contributed by atoms with van der Waals surface area (Å²) in [5, 5.41) is 8.45. The van der Waals surface area contributed by atoms with Gasteiger partial charge < -0.3 is 9.47 Å². The molecular formula is C22H25F2N3O2. The Hall–Kier alpha value is -2.30. The summed E-state index contributed by atoms with van der Waals surface area (Å²) in [7, 11) is 0. The van der Waals surface area contributed by atoms with E-state index in [0.717, 1.165) is 22.4 Å². The third kappa shape index (κ3) is 4.82. The van der Waals surface area contributed by atoms with E-state index in [1.165, 1.54) is 0 Å². The zero-order valence-electron chi connectivity index (χ0n) is 16.9. The lowest BCUT2D eigenvalue weighted by Crippen LogP contribution is -2.39. The smallest absolute Gasteiger partial charge is 0.250 e. The van der Waals surface area contributed by atoms with E-state index in [-0.39, 0.29) is 30.5 Å². The number of halogens is 2. The van der Waals surface area contributed by atoms with Gasteiger partial charge >= 0.3 is 0 Å². The van der Waals surface area contributed by atoms with Crippen molar-refractivity contribution in [2.75, 3.05) is 13.2 Å². The first-order valence-corrected chi connectivity index (χ1v) is 9.83. The molecular weight excluding hydrogens is 376 g/mol. The highest BCUT2D eigenvalue weighted by Crippen LogP contribution is 2.41. The Morgan fingerprint density at radius 2 is 1.93 bits per heavy atom. The van der Waals surface area contributed by atoms with Gasteiger partial charge in [-0.25, -0.2) is 13.5 Å². The maximum Gasteiger partial charge on any atom is 0.250 e. The van der Waals surface area contributed by atoms with Crippen LogP contribution in [0.15, 0.2) is 24.4 Å². The van der Waals surface area contributed by atoms with Crippen molar-refractivity contribution in [1.29, 1.82) is 0 Å². The summed E-state index contributed by atoms with van der Waals surface area (Å²) >= 11 is 0. The highest BCUT2D eigenvalue weighted by Gasteiger charge is 2.44. The first-order chi connectivity index (χ1) is 13.7. The first-order valence-electron chi connectivity index (χ1n) is 9.83. The lowest BCUT2D eigenvalue weighted by Gasteiger charge is -2.34. The van der Waals surface area contributed by atoms with Crippen molar-refractivity contribution in [3.05, 3.63) is 35.5 Å². The van der Waals surface area contributed by atoms with Crippen molar-refractivity contribution >= 4 is 0 Å². The van der Waals surface area contributed by atoms with E-state index in [1.807, 2.05) is 31.3 Å². The van der Waals surface area contributed by atoms with E-state index in [2.05, 4.69) is 36.0 Å². The average molecular weight is 401 g/mol. The number of ether oxygens (including phenoxy) is 2. The van der Waals surface area contributed by atoms with Crippen LogP contribution in [0, 0.1) is 30.1 Å². The van der Waals surface area contributed by atoms with Gasteiger partial charge in [0.05, 0.1) is 26.0 Å². The molecule has 2 heterocycles. The largest absolute Gasteiger partial charge is 0.350 e. The number of aromatic nitrogens is 3. The van der Waals surface area contributed by atoms with Crippen molar-refractivity contribution in [2.45, 2.75) is 52.4 Å². The molecule has 0 amide bonds. The first kappa shape index (κ1) is 20.0. The van der Waals surface area contributed by atoms with Crippen LogP contribution in [-0.2, 0) is 16.0 Å². The van der Waals surface area contributed by atoms with Gasteiger partial charge in [-0.05, 0) is 24.6 Å². The molecule has 5 nitrogen and oxygen atoms in total. The predicted octanol–water partition coefficient (Wildman–Crippen LogP) is 4.05. The highest BCUT2D eigenvalue weighted by molar-refractivity contribution is 5.64. The number of alkyl halides is 2. The molecule has 0 radical (unpaired) electrons. The second-order valence-corrected chi connectivity index (χ2v) is 8.80. The SMILES string of the molecule is Cc1cc(C#CC2CC(F)(F)C2)ccc1-c1cn(CC2OCC(C)(C)CO2)nn1. The van der Waals surface area contributed by atoms with Crippen LogP contribution >= 0.6 is 0 Å². The van der Waals surface area contributed by atoms with Crippen LogP contribution in [-0.4, -0.2) is 40.4 Å². The zero-order valence-corrected chi connectivity index (χ0v) is 16.9. The minimum absolute atomic E-state index is 0.0330. The average Bonchev–Trinajstić information content (AvgIpc) is 3.08. The number of rotatable bonds is 3. The summed E-state index contributed by atoms with van der Waals surface area (Å²) in [5.74, 6) is 3.21. The number of benzene rings is 1. The number of hydrogen-bond donors (Lipinski definition) is 0. The number of hydrogen-bond acceptors (Lipinski definition) is 4. The fraction of sp³-hybridized carbons (Fsp3) is 0.545. The predicted molar refractivity (Wildman–Crippen MR) is 104 cm³/mol. The van der Waals surface area contributed by atoms with Gasteiger partial charge in [-0.3, -0.25) is 0 Å². The molecule has 1 aromatic carbocycles. The molecule has 1 aliphatic heterocycles. The van der Waals surface area contributed by atoms with E-state index < -0.39 is 5.92 Å². The highest BCUT2D eigenvalue weighted by atomic mass is 19.3. The molecule has 1 aromatic heterocycles. The molecule has 0 atom stereocenters. The standard InChI is InChI=1S/C22H25F2N3O2/c1-15-8-16(4-5-17-9-22(23,24)10-17)6-7-18(15)19-11-27(26-25-19)12-20-28-13-21(2,3)14-29-20/h6-8,11,17,20H,9-10,12-14H2,1-3H3. The Kier molecular flexibility index (Phi) is 5.18. The molecule has 1 saturated carbocycles. The second-order valence-electron chi connectivity index (χ2n) is 8.80. The normalized spacial score (nSPS) is 21.3. The van der Waals surface area contributed by atoms with Crippen LogP contribution in [0.25, 0.3) is 11.3 Å². The van der Waals surface area contributed by atoms with Gasteiger partial charge in [-0.2, -0.15) is 0 Å². The van der Waals surface area contributed by atoms with E-state index in [9.17, 15) is 8.78 Å². The van der Waals surface area contributed by atoms with Crippen molar-refractivity contribution in [3.8, 4) is 23.1 Å². The Balaban J connectivity index is 1.40. The Morgan fingerprint density at radius 1 is 1.21 bits per heavy atom. The molecule has 0 unspecified atom stereocenters. The lowest BCUT2D eigenvalue weighted by molar-refractivity contribution is -0.227. The molecule has 4 rings (SSSR count). The molecule has 2 aromatic rings. The molecule has 1 saturated heterocycles. The maximum atomic E-state index is 12.9. The van der Waals surface area contributed by atoms with Crippen LogP contribution in [0.3, 0.4) is 0 Å². The van der Waals surface area contributed by atoms with Crippen molar-refractivity contribution in [2.24, 2.45) is 11.3 Å². The minimum atomic E-state index is -2.53. The zero-order chi connectivity index (χ0) is 20.6. The fourth-order valence-electron chi connectivity index (χ4n) is 3.47. The molecule has 2 fully saturated rings.